The van der Waals surface area contributed by atoms with Gasteiger partial charge in [0.25, 0.3) is 0 Å². The summed E-state index contributed by atoms with van der Waals surface area (Å²) >= 11 is 0. The van der Waals surface area contributed by atoms with Gasteiger partial charge < -0.3 is 0 Å². The van der Waals surface area contributed by atoms with E-state index in [9.17, 15) is 13.6 Å². The van der Waals surface area contributed by atoms with Crippen LogP contribution >= 0.6 is 0 Å². The van der Waals surface area contributed by atoms with Crippen molar-refractivity contribution in [1.82, 2.24) is 0 Å². The van der Waals surface area contributed by atoms with Crippen LogP contribution in [0.4, 0.5) is 8.78 Å². The normalized spacial score (nSPS) is 17.1. The Hall–Kier alpha value is -1.54. The fourth-order valence-electron chi connectivity index (χ4n) is 2.23. The molecule has 1 aliphatic carbocycles. The Morgan fingerprint density at radius 1 is 1.41 bits per heavy atom. The van der Waals surface area contributed by atoms with Gasteiger partial charge in [0.15, 0.2) is 11.6 Å². The predicted octanol–water partition coefficient (Wildman–Crippen LogP) is 3.24. The van der Waals surface area contributed by atoms with Crippen molar-refractivity contribution in [3.05, 3.63) is 34.9 Å². The number of hydrogen-bond donors (Lipinski definition) is 0. The molecule has 1 saturated carbocycles. The standard InChI is InChI=1S/C13H13F2NO/c1-2-9-6-10(12(15)11(14)7-9)13(16-8-17)4-3-5-13/h6-7H,2-5H2,1H3. The van der Waals surface area contributed by atoms with E-state index in [1.165, 1.54) is 12.1 Å². The monoisotopic (exact) mass is 237 g/mol. The highest BCUT2D eigenvalue weighted by molar-refractivity contribution is 5.41. The molecule has 4 heteroatoms. The lowest BCUT2D eigenvalue weighted by Crippen LogP contribution is -2.33. The van der Waals surface area contributed by atoms with Crippen LogP contribution in [-0.4, -0.2) is 6.08 Å². The number of aliphatic imine (C=N–C) groups is 1. The fraction of sp³-hybridized carbons (Fsp3) is 0.462. The average molecular weight is 237 g/mol. The number of isocyanates is 1. The molecular weight excluding hydrogens is 224 g/mol. The van der Waals surface area contributed by atoms with Gasteiger partial charge in [0, 0.05) is 5.56 Å². The summed E-state index contributed by atoms with van der Waals surface area (Å²) in [6.07, 6.45) is 4.11. The van der Waals surface area contributed by atoms with Gasteiger partial charge in [0.2, 0.25) is 6.08 Å². The number of aryl methyl sites for hydroxylation is 1. The van der Waals surface area contributed by atoms with Crippen LogP contribution in [0.3, 0.4) is 0 Å². The minimum Gasteiger partial charge on any atom is -0.211 e. The van der Waals surface area contributed by atoms with Crippen molar-refractivity contribution in [3.8, 4) is 0 Å². The van der Waals surface area contributed by atoms with Crippen LogP contribution in [0, 0.1) is 11.6 Å². The molecule has 0 atom stereocenters. The lowest BCUT2D eigenvalue weighted by atomic mass is 9.72. The van der Waals surface area contributed by atoms with Crippen molar-refractivity contribution < 1.29 is 13.6 Å². The maximum absolute atomic E-state index is 13.8. The molecule has 0 aromatic heterocycles. The van der Waals surface area contributed by atoms with Gasteiger partial charge in [-0.25, -0.2) is 13.6 Å². The summed E-state index contributed by atoms with van der Waals surface area (Å²) in [7, 11) is 0. The molecule has 1 aromatic carbocycles. The SMILES string of the molecule is CCc1cc(F)c(F)c(C2(N=C=O)CCC2)c1. The second kappa shape index (κ2) is 4.38. The van der Waals surface area contributed by atoms with E-state index >= 15 is 0 Å². The number of rotatable bonds is 3. The summed E-state index contributed by atoms with van der Waals surface area (Å²) in [5.41, 5.74) is 0.0351. The van der Waals surface area contributed by atoms with Gasteiger partial charge in [-0.2, -0.15) is 4.99 Å². The maximum atomic E-state index is 13.8. The van der Waals surface area contributed by atoms with E-state index < -0.39 is 17.2 Å². The van der Waals surface area contributed by atoms with E-state index in [0.717, 1.165) is 6.42 Å². The first-order valence-electron chi connectivity index (χ1n) is 5.70. The third-order valence-corrected chi connectivity index (χ3v) is 3.44. The van der Waals surface area contributed by atoms with Crippen molar-refractivity contribution >= 4 is 6.08 Å². The third kappa shape index (κ3) is 1.89. The Bertz CT molecular complexity index is 488. The summed E-state index contributed by atoms with van der Waals surface area (Å²) < 4.78 is 27.2. The number of hydrogen-bond acceptors (Lipinski definition) is 2. The topological polar surface area (TPSA) is 29.4 Å². The van der Waals surface area contributed by atoms with Crippen molar-refractivity contribution in [1.29, 1.82) is 0 Å². The smallest absolute Gasteiger partial charge is 0.211 e. The molecule has 0 amide bonds. The molecule has 1 fully saturated rings. The Labute approximate surface area is 98.4 Å². The van der Waals surface area contributed by atoms with Crippen LogP contribution < -0.4 is 0 Å². The molecule has 1 aromatic rings. The Morgan fingerprint density at radius 2 is 2.12 bits per heavy atom. The maximum Gasteiger partial charge on any atom is 0.235 e. The predicted molar refractivity (Wildman–Crippen MR) is 59.4 cm³/mol. The Balaban J connectivity index is 2.57. The van der Waals surface area contributed by atoms with Crippen molar-refractivity contribution in [2.75, 3.05) is 0 Å². The van der Waals surface area contributed by atoms with Crippen LogP contribution in [-0.2, 0) is 16.8 Å². The van der Waals surface area contributed by atoms with E-state index in [0.29, 0.717) is 24.8 Å². The second-order valence-electron chi connectivity index (χ2n) is 4.38. The van der Waals surface area contributed by atoms with Crippen molar-refractivity contribution in [3.63, 3.8) is 0 Å². The first kappa shape index (κ1) is 11.9. The highest BCUT2D eigenvalue weighted by atomic mass is 19.2. The first-order valence-corrected chi connectivity index (χ1v) is 5.70. The number of nitrogens with zero attached hydrogens (tertiary/aromatic N) is 1. The van der Waals surface area contributed by atoms with Crippen LogP contribution in [0.1, 0.15) is 37.3 Å². The molecule has 0 N–H and O–H groups in total. The van der Waals surface area contributed by atoms with E-state index in [-0.39, 0.29) is 5.56 Å². The van der Waals surface area contributed by atoms with Gasteiger partial charge in [-0.05, 0) is 37.3 Å². The van der Waals surface area contributed by atoms with Crippen LogP contribution in [0.15, 0.2) is 17.1 Å². The fourth-order valence-corrected chi connectivity index (χ4v) is 2.23. The molecule has 0 heterocycles. The molecular formula is C13H13F2NO. The number of benzene rings is 1. The zero-order valence-corrected chi connectivity index (χ0v) is 9.59. The second-order valence-corrected chi connectivity index (χ2v) is 4.38. The molecule has 90 valence electrons. The molecule has 0 bridgehead atoms. The molecule has 2 nitrogen and oxygen atoms in total. The quantitative estimate of drug-likeness (QED) is 0.586. The highest BCUT2D eigenvalue weighted by Crippen LogP contribution is 2.46. The average Bonchev–Trinajstić information content (AvgIpc) is 2.27. The van der Waals surface area contributed by atoms with Gasteiger partial charge >= 0.3 is 0 Å². The minimum atomic E-state index is -0.888. The summed E-state index contributed by atoms with van der Waals surface area (Å²) in [6.45, 7) is 1.87. The van der Waals surface area contributed by atoms with Crippen LogP contribution in [0.25, 0.3) is 0 Å². The van der Waals surface area contributed by atoms with Gasteiger partial charge in [0.05, 0.1) is 0 Å². The van der Waals surface area contributed by atoms with Crippen LogP contribution in [0.5, 0.6) is 0 Å². The molecule has 17 heavy (non-hydrogen) atoms. The van der Waals surface area contributed by atoms with Gasteiger partial charge in [-0.3, -0.25) is 0 Å². The minimum absolute atomic E-state index is 0.198. The summed E-state index contributed by atoms with van der Waals surface area (Å²) in [4.78, 5) is 14.1. The summed E-state index contributed by atoms with van der Waals surface area (Å²) in [5, 5.41) is 0. The lowest BCUT2D eigenvalue weighted by molar-refractivity contribution is 0.244. The van der Waals surface area contributed by atoms with E-state index in [1.807, 2.05) is 6.92 Å². The molecule has 1 aliphatic rings. The molecule has 0 radical (unpaired) electrons. The van der Waals surface area contributed by atoms with Gasteiger partial charge in [-0.1, -0.05) is 13.0 Å². The third-order valence-electron chi connectivity index (χ3n) is 3.44. The van der Waals surface area contributed by atoms with Crippen LogP contribution in [0.2, 0.25) is 0 Å². The molecule has 2 rings (SSSR count). The molecule has 0 unspecified atom stereocenters. The van der Waals surface area contributed by atoms with E-state index in [4.69, 9.17) is 0 Å². The summed E-state index contributed by atoms with van der Waals surface area (Å²) in [6, 6.07) is 2.80. The Kier molecular flexibility index (Phi) is 3.07. The van der Waals surface area contributed by atoms with Crippen molar-refractivity contribution in [2.24, 2.45) is 4.99 Å². The van der Waals surface area contributed by atoms with Gasteiger partial charge in [0.1, 0.15) is 5.54 Å². The van der Waals surface area contributed by atoms with Crippen molar-refractivity contribution in [2.45, 2.75) is 38.1 Å². The summed E-state index contributed by atoms with van der Waals surface area (Å²) in [5.74, 6) is -1.76. The zero-order chi connectivity index (χ0) is 12.5. The number of halogens is 2. The van der Waals surface area contributed by atoms with E-state index in [1.54, 1.807) is 6.07 Å². The zero-order valence-electron chi connectivity index (χ0n) is 9.59. The molecule has 0 spiro atoms. The molecule has 0 saturated heterocycles. The van der Waals surface area contributed by atoms with E-state index in [2.05, 4.69) is 4.99 Å². The first-order chi connectivity index (χ1) is 8.13. The largest absolute Gasteiger partial charge is 0.235 e. The molecule has 0 aliphatic heterocycles. The highest BCUT2D eigenvalue weighted by Gasteiger charge is 2.41. The number of carbonyl (C=O) groups excluding carboxylic acids is 1. The Morgan fingerprint density at radius 3 is 2.59 bits per heavy atom. The van der Waals surface area contributed by atoms with Gasteiger partial charge in [-0.15, -0.1) is 0 Å². The lowest BCUT2D eigenvalue weighted by Gasteiger charge is -2.37.